The summed E-state index contributed by atoms with van der Waals surface area (Å²) in [7, 11) is -4.91. The Kier molecular flexibility index (Phi) is 5.30. The Morgan fingerprint density at radius 3 is 2.41 bits per heavy atom. The fourth-order valence-corrected chi connectivity index (χ4v) is 4.13. The van der Waals surface area contributed by atoms with Crippen molar-refractivity contribution in [2.75, 3.05) is 10.0 Å². The van der Waals surface area contributed by atoms with E-state index in [1.54, 1.807) is 17.0 Å². The fraction of sp³-hybridized carbons (Fsp3) is 0. The first-order valence-corrected chi connectivity index (χ1v) is 10.3. The number of pyridine rings is 1. The van der Waals surface area contributed by atoms with Gasteiger partial charge in [0, 0.05) is 17.8 Å². The summed E-state index contributed by atoms with van der Waals surface area (Å²) < 4.78 is 83.3. The van der Waals surface area contributed by atoms with Crippen LogP contribution in [0.4, 0.5) is 28.9 Å². The van der Waals surface area contributed by atoms with Crippen LogP contribution in [0.2, 0.25) is 0 Å². The number of sulfonamides is 1. The zero-order chi connectivity index (χ0) is 23.0. The minimum Gasteiger partial charge on any atom is -0.346 e. The van der Waals surface area contributed by atoms with E-state index in [1.165, 1.54) is 12.3 Å². The van der Waals surface area contributed by atoms with E-state index in [9.17, 15) is 30.8 Å². The summed E-state index contributed by atoms with van der Waals surface area (Å²) >= 11 is 0. The van der Waals surface area contributed by atoms with Crippen LogP contribution in [0.3, 0.4) is 0 Å². The molecule has 4 rings (SSSR count). The van der Waals surface area contributed by atoms with Crippen molar-refractivity contribution in [1.82, 2.24) is 9.97 Å². The van der Waals surface area contributed by atoms with Crippen molar-refractivity contribution in [2.24, 2.45) is 0 Å². The van der Waals surface area contributed by atoms with Crippen molar-refractivity contribution >= 4 is 38.3 Å². The van der Waals surface area contributed by atoms with Gasteiger partial charge in [0.2, 0.25) is 0 Å². The number of hydrogen-bond donors (Lipinski definition) is 3. The summed E-state index contributed by atoms with van der Waals surface area (Å²) in [6.07, 6.45) is 2.77. The third-order valence-corrected chi connectivity index (χ3v) is 5.84. The average molecular weight is 464 g/mol. The molecule has 2 heterocycles. The monoisotopic (exact) mass is 464 g/mol. The molecule has 2 aromatic carbocycles. The van der Waals surface area contributed by atoms with Gasteiger partial charge in [-0.05, 0) is 36.4 Å². The second kappa shape index (κ2) is 7.96. The van der Waals surface area contributed by atoms with Gasteiger partial charge in [-0.15, -0.1) is 0 Å². The van der Waals surface area contributed by atoms with Crippen LogP contribution in [0.5, 0.6) is 0 Å². The number of aromatic amines is 1. The molecule has 0 unspecified atom stereocenters. The highest BCUT2D eigenvalue weighted by atomic mass is 32.2. The highest BCUT2D eigenvalue weighted by molar-refractivity contribution is 7.92. The molecule has 0 saturated carbocycles. The van der Waals surface area contributed by atoms with Gasteiger partial charge in [-0.1, -0.05) is 6.07 Å². The number of nitrogens with one attached hydrogen (secondary N) is 3. The number of nitrogens with zero attached hydrogens (tertiary/aromatic N) is 1. The molecule has 1 amide bonds. The van der Waals surface area contributed by atoms with E-state index in [0.29, 0.717) is 35.3 Å². The van der Waals surface area contributed by atoms with E-state index in [0.717, 1.165) is 6.07 Å². The molecule has 0 aliphatic heterocycles. The number of carbonyl (C=O) groups excluding carboxylic acids is 1. The van der Waals surface area contributed by atoms with E-state index >= 15 is 0 Å². The Balaban J connectivity index is 1.66. The van der Waals surface area contributed by atoms with Gasteiger partial charge in [0.25, 0.3) is 15.9 Å². The van der Waals surface area contributed by atoms with E-state index < -0.39 is 55.5 Å². The predicted molar refractivity (Wildman–Crippen MR) is 108 cm³/mol. The van der Waals surface area contributed by atoms with Gasteiger partial charge in [-0.3, -0.25) is 9.52 Å². The van der Waals surface area contributed by atoms with Gasteiger partial charge in [0.05, 0.1) is 11.3 Å². The molecule has 0 atom stereocenters. The molecule has 0 saturated heterocycles. The molecule has 3 N–H and O–H groups in total. The molecule has 0 aliphatic rings. The van der Waals surface area contributed by atoms with Crippen molar-refractivity contribution in [3.63, 3.8) is 0 Å². The first-order chi connectivity index (χ1) is 15.2. The first kappa shape index (κ1) is 21.3. The van der Waals surface area contributed by atoms with Gasteiger partial charge in [0.1, 0.15) is 28.8 Å². The highest BCUT2D eigenvalue weighted by Crippen LogP contribution is 2.29. The second-order valence-corrected chi connectivity index (χ2v) is 8.15. The number of amides is 1. The smallest absolute Gasteiger partial charge is 0.267 e. The van der Waals surface area contributed by atoms with Crippen LogP contribution >= 0.6 is 0 Å². The predicted octanol–water partition coefficient (Wildman–Crippen LogP) is 4.17. The Labute approximate surface area is 178 Å². The molecule has 0 bridgehead atoms. The summed E-state index contributed by atoms with van der Waals surface area (Å²) in [4.78, 5) is 17.9. The Morgan fingerprint density at radius 2 is 1.69 bits per heavy atom. The van der Waals surface area contributed by atoms with Gasteiger partial charge in [-0.25, -0.2) is 31.0 Å². The van der Waals surface area contributed by atoms with Crippen LogP contribution in [0, 0.1) is 23.3 Å². The van der Waals surface area contributed by atoms with Crippen LogP contribution in [-0.2, 0) is 10.0 Å². The number of carbonyl (C=O) groups is 1. The van der Waals surface area contributed by atoms with Gasteiger partial charge >= 0.3 is 0 Å². The molecule has 0 aliphatic carbocycles. The molecule has 7 nitrogen and oxygen atoms in total. The van der Waals surface area contributed by atoms with Crippen molar-refractivity contribution < 1.29 is 30.8 Å². The van der Waals surface area contributed by atoms with Gasteiger partial charge < -0.3 is 10.3 Å². The molecule has 0 fully saturated rings. The van der Waals surface area contributed by atoms with Gasteiger partial charge in [-0.2, -0.15) is 0 Å². The Bertz CT molecular complexity index is 1450. The van der Waals surface area contributed by atoms with E-state index in [1.807, 2.05) is 5.32 Å². The molecule has 0 spiro atoms. The number of benzene rings is 2. The third-order valence-electron chi connectivity index (χ3n) is 4.42. The molecular weight excluding hydrogens is 452 g/mol. The topological polar surface area (TPSA) is 104 Å². The molecule has 0 radical (unpaired) electrons. The van der Waals surface area contributed by atoms with Crippen LogP contribution < -0.4 is 10.0 Å². The van der Waals surface area contributed by atoms with E-state index in [4.69, 9.17) is 0 Å². The zero-order valence-corrected chi connectivity index (χ0v) is 16.6. The van der Waals surface area contributed by atoms with E-state index in [-0.39, 0.29) is 5.56 Å². The average Bonchev–Trinajstić information content (AvgIpc) is 3.20. The lowest BCUT2D eigenvalue weighted by molar-refractivity contribution is 0.102. The molecule has 32 heavy (non-hydrogen) atoms. The lowest BCUT2D eigenvalue weighted by Crippen LogP contribution is -2.19. The second-order valence-electron chi connectivity index (χ2n) is 6.53. The van der Waals surface area contributed by atoms with Crippen molar-refractivity contribution in [3.8, 4) is 0 Å². The molecular formula is C20H12F4N4O3S. The third kappa shape index (κ3) is 3.87. The summed E-state index contributed by atoms with van der Waals surface area (Å²) in [5.41, 5.74) is -1.31. The number of fused-ring (bicyclic) bond motifs is 1. The van der Waals surface area contributed by atoms with Crippen LogP contribution in [0.25, 0.3) is 11.0 Å². The maximum atomic E-state index is 14.9. The standard InChI is InChI=1S/C20H12F4N4O3S/c21-12-4-5-15(28-32(30,31)18-13(22)2-1-3-14(18)23)16(24)17(12)27-20(29)11-8-10-6-7-25-19(10)26-9-11/h1-9,28H,(H,25,26)(H,27,29). The lowest BCUT2D eigenvalue weighted by Gasteiger charge is -2.14. The van der Waals surface area contributed by atoms with Gasteiger partial charge in [0.15, 0.2) is 10.7 Å². The van der Waals surface area contributed by atoms with Crippen molar-refractivity contribution in [2.45, 2.75) is 4.90 Å². The number of anilines is 2. The van der Waals surface area contributed by atoms with Crippen molar-refractivity contribution in [1.29, 1.82) is 0 Å². The molecule has 2 aromatic heterocycles. The maximum Gasteiger partial charge on any atom is 0.267 e. The molecule has 4 aromatic rings. The summed E-state index contributed by atoms with van der Waals surface area (Å²) in [6, 6.07) is 6.83. The zero-order valence-electron chi connectivity index (χ0n) is 15.8. The van der Waals surface area contributed by atoms with E-state index in [2.05, 4.69) is 9.97 Å². The maximum absolute atomic E-state index is 14.9. The largest absolute Gasteiger partial charge is 0.346 e. The van der Waals surface area contributed by atoms with Crippen LogP contribution in [0.15, 0.2) is 59.8 Å². The lowest BCUT2D eigenvalue weighted by atomic mass is 10.2. The highest BCUT2D eigenvalue weighted by Gasteiger charge is 2.26. The number of H-pyrrole nitrogens is 1. The Hall–Kier alpha value is -3.93. The molecule has 164 valence electrons. The van der Waals surface area contributed by atoms with Crippen LogP contribution in [0.1, 0.15) is 10.4 Å². The SMILES string of the molecule is O=C(Nc1c(F)ccc(NS(=O)(=O)c2c(F)cccc2F)c1F)c1cnc2[nH]ccc2c1. The quantitative estimate of drug-likeness (QED) is 0.386. The first-order valence-electron chi connectivity index (χ1n) is 8.86. The summed E-state index contributed by atoms with van der Waals surface area (Å²) in [6.45, 7) is 0. The minimum atomic E-state index is -4.91. The van der Waals surface area contributed by atoms with Crippen molar-refractivity contribution in [3.05, 3.63) is 83.7 Å². The fourth-order valence-electron chi connectivity index (χ4n) is 2.93. The molecule has 12 heteroatoms. The number of halogens is 4. The minimum absolute atomic E-state index is 0.0182. The Morgan fingerprint density at radius 1 is 0.969 bits per heavy atom. The normalized spacial score (nSPS) is 11.5. The van der Waals surface area contributed by atoms with Crippen LogP contribution in [-0.4, -0.2) is 24.3 Å². The number of aromatic nitrogens is 2. The number of hydrogen-bond acceptors (Lipinski definition) is 4. The summed E-state index contributed by atoms with van der Waals surface area (Å²) in [5, 5.41) is 2.59. The number of rotatable bonds is 5. The summed E-state index contributed by atoms with van der Waals surface area (Å²) in [5.74, 6) is -6.41.